The summed E-state index contributed by atoms with van der Waals surface area (Å²) < 4.78 is 18.6. The number of carbonyl (C=O) groups excluding carboxylic acids is 2. The van der Waals surface area contributed by atoms with E-state index in [4.69, 9.17) is 10.00 Å². The predicted molar refractivity (Wildman–Crippen MR) is 102 cm³/mol. The lowest BCUT2D eigenvalue weighted by atomic mass is 9.48. The van der Waals surface area contributed by atoms with Crippen LogP contribution >= 0.6 is 0 Å². The molecule has 0 saturated heterocycles. The first-order chi connectivity index (χ1) is 13.8. The van der Waals surface area contributed by atoms with Crippen molar-refractivity contribution < 1.29 is 23.8 Å². The lowest BCUT2D eigenvalue weighted by molar-refractivity contribution is -0.196. The van der Waals surface area contributed by atoms with Gasteiger partial charge in [-0.3, -0.25) is 9.59 Å². The number of hydrogen-bond acceptors (Lipinski definition) is 5. The molecule has 0 aromatic heterocycles. The molecule has 0 spiro atoms. The van der Waals surface area contributed by atoms with E-state index in [1.165, 1.54) is 29.2 Å². The molecule has 1 aromatic rings. The van der Waals surface area contributed by atoms with Crippen LogP contribution < -0.4 is 4.90 Å². The van der Waals surface area contributed by atoms with Crippen molar-refractivity contribution in [3.63, 3.8) is 0 Å². The van der Waals surface area contributed by atoms with Crippen molar-refractivity contribution in [1.29, 1.82) is 5.26 Å². The molecule has 0 heterocycles. The standard InChI is InChI=1S/C22H25FN2O4/c23-17-2-4-18(5-3-17)25(7-1-6-24)19(26)13-29-20(27)21-9-15-8-16(10-21)12-22(28,11-15)14-21/h2-5,15-16,28H,1,7-14H2/t15-,16-,21?,22?/m0/s1. The summed E-state index contributed by atoms with van der Waals surface area (Å²) in [6, 6.07) is 7.39. The molecule has 29 heavy (non-hydrogen) atoms. The summed E-state index contributed by atoms with van der Waals surface area (Å²) in [6.07, 6.45) is 4.52. The molecule has 154 valence electrons. The van der Waals surface area contributed by atoms with Crippen molar-refractivity contribution in [2.75, 3.05) is 18.1 Å². The van der Waals surface area contributed by atoms with Gasteiger partial charge in [-0.05, 0) is 74.6 Å². The molecule has 4 aliphatic rings. The first kappa shape index (κ1) is 19.8. The minimum Gasteiger partial charge on any atom is -0.455 e. The highest BCUT2D eigenvalue weighted by Crippen LogP contribution is 2.61. The molecule has 4 fully saturated rings. The number of amides is 1. The third-order valence-electron chi connectivity index (χ3n) is 6.68. The van der Waals surface area contributed by atoms with Gasteiger partial charge in [0.1, 0.15) is 5.82 Å². The molecule has 2 atom stereocenters. The molecule has 0 unspecified atom stereocenters. The minimum absolute atomic E-state index is 0.109. The Labute approximate surface area is 169 Å². The van der Waals surface area contributed by atoms with Crippen LogP contribution in [-0.4, -0.2) is 35.7 Å². The number of halogens is 1. The third kappa shape index (κ3) is 3.86. The fourth-order valence-electron chi connectivity index (χ4n) is 5.99. The van der Waals surface area contributed by atoms with Crippen molar-refractivity contribution in [3.8, 4) is 6.07 Å². The maximum atomic E-state index is 13.2. The second-order valence-corrected chi connectivity index (χ2v) is 8.97. The van der Waals surface area contributed by atoms with Crippen molar-refractivity contribution in [2.45, 2.75) is 50.5 Å². The van der Waals surface area contributed by atoms with E-state index in [0.29, 0.717) is 23.9 Å². The van der Waals surface area contributed by atoms with Crippen LogP contribution in [0.4, 0.5) is 10.1 Å². The topological polar surface area (TPSA) is 90.6 Å². The van der Waals surface area contributed by atoms with Crippen LogP contribution in [0.15, 0.2) is 24.3 Å². The van der Waals surface area contributed by atoms with Crippen LogP contribution in [0.2, 0.25) is 0 Å². The van der Waals surface area contributed by atoms with Gasteiger partial charge in [-0.25, -0.2) is 4.39 Å². The molecule has 5 rings (SSSR count). The first-order valence-corrected chi connectivity index (χ1v) is 10.1. The Morgan fingerprint density at radius 2 is 1.86 bits per heavy atom. The number of hydrogen-bond donors (Lipinski definition) is 1. The van der Waals surface area contributed by atoms with Crippen LogP contribution in [-0.2, 0) is 14.3 Å². The molecule has 1 N–H and O–H groups in total. The molecule has 4 saturated carbocycles. The van der Waals surface area contributed by atoms with Gasteiger partial charge in [0.15, 0.2) is 6.61 Å². The Bertz CT molecular complexity index is 833. The highest BCUT2D eigenvalue weighted by atomic mass is 19.1. The Morgan fingerprint density at radius 3 is 2.45 bits per heavy atom. The number of carbonyl (C=O) groups is 2. The van der Waals surface area contributed by atoms with Gasteiger partial charge in [-0.2, -0.15) is 5.26 Å². The summed E-state index contributed by atoms with van der Waals surface area (Å²) in [4.78, 5) is 27.0. The zero-order valence-corrected chi connectivity index (χ0v) is 16.3. The van der Waals surface area contributed by atoms with E-state index in [0.717, 1.165) is 32.1 Å². The lowest BCUT2D eigenvalue weighted by Crippen LogP contribution is -2.58. The number of benzene rings is 1. The highest BCUT2D eigenvalue weighted by molar-refractivity contribution is 5.95. The summed E-state index contributed by atoms with van der Waals surface area (Å²) in [7, 11) is 0. The first-order valence-electron chi connectivity index (χ1n) is 10.1. The summed E-state index contributed by atoms with van der Waals surface area (Å²) in [5.41, 5.74) is -1.01. The van der Waals surface area contributed by atoms with E-state index >= 15 is 0 Å². The summed E-state index contributed by atoms with van der Waals surface area (Å²) >= 11 is 0. The molecular weight excluding hydrogens is 375 g/mol. The second kappa shape index (κ2) is 7.42. The Morgan fingerprint density at radius 1 is 1.21 bits per heavy atom. The van der Waals surface area contributed by atoms with Crippen LogP contribution in [0, 0.1) is 34.4 Å². The Balaban J connectivity index is 1.43. The quantitative estimate of drug-likeness (QED) is 0.742. The molecule has 1 aromatic carbocycles. The molecule has 6 nitrogen and oxygen atoms in total. The van der Waals surface area contributed by atoms with Gasteiger partial charge in [0.2, 0.25) is 0 Å². The molecule has 1 amide bonds. The van der Waals surface area contributed by atoms with E-state index < -0.39 is 35.3 Å². The second-order valence-electron chi connectivity index (χ2n) is 8.97. The highest BCUT2D eigenvalue weighted by Gasteiger charge is 2.60. The SMILES string of the molecule is N#CCCN(C(=O)COC(=O)C12C[C@@H]3C[C@H](CC(O)(C3)C1)C2)c1ccc(F)cc1. The maximum absolute atomic E-state index is 13.2. The minimum atomic E-state index is -0.778. The van der Waals surface area contributed by atoms with Gasteiger partial charge in [0, 0.05) is 12.2 Å². The molecular formula is C22H25FN2O4. The van der Waals surface area contributed by atoms with Gasteiger partial charge < -0.3 is 14.7 Å². The largest absolute Gasteiger partial charge is 0.455 e. The van der Waals surface area contributed by atoms with E-state index in [2.05, 4.69) is 0 Å². The average molecular weight is 400 g/mol. The predicted octanol–water partition coefficient (Wildman–Crippen LogP) is 2.95. The average Bonchev–Trinajstić information content (AvgIpc) is 2.65. The fraction of sp³-hybridized carbons (Fsp3) is 0.591. The summed E-state index contributed by atoms with van der Waals surface area (Å²) in [6.45, 7) is -0.301. The monoisotopic (exact) mass is 400 g/mol. The van der Waals surface area contributed by atoms with Crippen molar-refractivity contribution in [1.82, 2.24) is 0 Å². The van der Waals surface area contributed by atoms with Gasteiger partial charge in [-0.1, -0.05) is 0 Å². The number of aliphatic hydroxyl groups is 1. The van der Waals surface area contributed by atoms with Crippen molar-refractivity contribution in [3.05, 3.63) is 30.1 Å². The van der Waals surface area contributed by atoms with Crippen LogP contribution in [0.3, 0.4) is 0 Å². The van der Waals surface area contributed by atoms with E-state index in [1.54, 1.807) is 0 Å². The molecule has 4 bridgehead atoms. The molecule has 0 radical (unpaired) electrons. The number of rotatable bonds is 6. The van der Waals surface area contributed by atoms with Gasteiger partial charge in [-0.15, -0.1) is 0 Å². The van der Waals surface area contributed by atoms with Crippen LogP contribution in [0.5, 0.6) is 0 Å². The number of nitriles is 1. The van der Waals surface area contributed by atoms with E-state index in [9.17, 15) is 19.1 Å². The number of esters is 1. The number of ether oxygens (including phenoxy) is 1. The molecule has 0 aliphatic heterocycles. The number of nitrogens with zero attached hydrogens (tertiary/aromatic N) is 2. The van der Waals surface area contributed by atoms with Crippen molar-refractivity contribution >= 4 is 17.6 Å². The normalized spacial score (nSPS) is 31.9. The van der Waals surface area contributed by atoms with E-state index in [1.807, 2.05) is 6.07 Å². The van der Waals surface area contributed by atoms with Crippen LogP contribution in [0.25, 0.3) is 0 Å². The fourth-order valence-corrected chi connectivity index (χ4v) is 5.99. The lowest BCUT2D eigenvalue weighted by Gasteiger charge is -2.58. The van der Waals surface area contributed by atoms with Crippen molar-refractivity contribution in [2.24, 2.45) is 17.3 Å². The molecule has 4 aliphatic carbocycles. The maximum Gasteiger partial charge on any atom is 0.312 e. The number of anilines is 1. The van der Waals surface area contributed by atoms with Gasteiger partial charge in [0.25, 0.3) is 5.91 Å². The Kier molecular flexibility index (Phi) is 5.07. The smallest absolute Gasteiger partial charge is 0.312 e. The zero-order valence-electron chi connectivity index (χ0n) is 16.3. The van der Waals surface area contributed by atoms with E-state index in [-0.39, 0.29) is 13.0 Å². The zero-order chi connectivity index (χ0) is 20.6. The van der Waals surface area contributed by atoms with Gasteiger partial charge >= 0.3 is 5.97 Å². The van der Waals surface area contributed by atoms with Gasteiger partial charge in [0.05, 0.1) is 23.5 Å². The Hall–Kier alpha value is -2.46. The summed E-state index contributed by atoms with van der Waals surface area (Å²) in [5.74, 6) is -0.597. The molecule has 7 heteroatoms. The summed E-state index contributed by atoms with van der Waals surface area (Å²) in [5, 5.41) is 19.7. The third-order valence-corrected chi connectivity index (χ3v) is 6.68. The van der Waals surface area contributed by atoms with Crippen LogP contribution in [0.1, 0.15) is 44.9 Å².